The van der Waals surface area contributed by atoms with E-state index in [-0.39, 0.29) is 18.1 Å². The Labute approximate surface area is 160 Å². The lowest BCUT2D eigenvalue weighted by atomic mass is 10.1. The van der Waals surface area contributed by atoms with E-state index in [4.69, 9.17) is 14.2 Å². The second-order valence-electron chi connectivity index (χ2n) is 7.11. The maximum Gasteiger partial charge on any atom is 0.268 e. The third kappa shape index (κ3) is 4.51. The zero-order valence-electron chi connectivity index (χ0n) is 16.5. The summed E-state index contributed by atoms with van der Waals surface area (Å²) in [7, 11) is 3.52. The highest BCUT2D eigenvalue weighted by Crippen LogP contribution is 2.24. The van der Waals surface area contributed by atoms with Crippen molar-refractivity contribution >= 4 is 16.8 Å². The second-order valence-corrected chi connectivity index (χ2v) is 7.11. The van der Waals surface area contributed by atoms with Crippen LogP contribution in [0.1, 0.15) is 30.8 Å². The van der Waals surface area contributed by atoms with E-state index >= 15 is 0 Å². The molecule has 0 spiro atoms. The molecule has 0 unspecified atom stereocenters. The van der Waals surface area contributed by atoms with Crippen LogP contribution in [-0.4, -0.2) is 49.6 Å². The van der Waals surface area contributed by atoms with E-state index in [0.29, 0.717) is 25.5 Å². The molecule has 1 aromatic carbocycles. The molecule has 0 radical (unpaired) electrons. The number of aromatic nitrogens is 1. The molecule has 1 aromatic heterocycles. The van der Waals surface area contributed by atoms with Crippen LogP contribution in [-0.2, 0) is 16.5 Å². The lowest BCUT2D eigenvalue weighted by Gasteiger charge is -2.31. The van der Waals surface area contributed by atoms with Crippen molar-refractivity contribution in [3.05, 3.63) is 41.6 Å². The van der Waals surface area contributed by atoms with Gasteiger partial charge in [0.15, 0.2) is 0 Å². The molecule has 6 heteroatoms. The minimum Gasteiger partial charge on any atom is -0.497 e. The molecular weight excluding hydrogens is 344 g/mol. The van der Waals surface area contributed by atoms with Gasteiger partial charge in [-0.3, -0.25) is 4.79 Å². The molecule has 1 saturated heterocycles. The number of methoxy groups -OCH3 is 1. The monoisotopic (exact) mass is 372 g/mol. The topological polar surface area (TPSA) is 61.7 Å². The zero-order chi connectivity index (χ0) is 19.4. The number of amides is 1. The first-order chi connectivity index (χ1) is 13.0. The SMILES string of the molecule is COc1ccc2cc(C(=O)N[C@@H]3COCC[C@@H]3OCC=C(C)C)n(C)c2c1. The van der Waals surface area contributed by atoms with Crippen molar-refractivity contribution in [3.63, 3.8) is 0 Å². The van der Waals surface area contributed by atoms with Gasteiger partial charge in [-0.05, 0) is 38.5 Å². The number of hydrogen-bond acceptors (Lipinski definition) is 4. The molecule has 2 atom stereocenters. The fourth-order valence-corrected chi connectivity index (χ4v) is 3.29. The maximum atomic E-state index is 12.9. The summed E-state index contributed by atoms with van der Waals surface area (Å²) in [5.41, 5.74) is 2.77. The third-order valence-electron chi connectivity index (χ3n) is 4.90. The van der Waals surface area contributed by atoms with E-state index in [1.165, 1.54) is 5.57 Å². The number of allylic oxidation sites excluding steroid dienone is 1. The summed E-state index contributed by atoms with van der Waals surface area (Å²) < 4.78 is 18.7. The number of rotatable bonds is 6. The Kier molecular flexibility index (Phi) is 6.19. The standard InChI is InChI=1S/C21H28N2O4/c1-14(2)7-10-27-20-8-9-26-13-17(20)22-21(24)19-11-15-5-6-16(25-4)12-18(15)23(19)3/h5-7,11-12,17,20H,8-10,13H2,1-4H3,(H,22,24)/t17-,20+/m1/s1. The lowest BCUT2D eigenvalue weighted by Crippen LogP contribution is -2.50. The quantitative estimate of drug-likeness (QED) is 0.792. The number of nitrogens with zero attached hydrogens (tertiary/aromatic N) is 1. The van der Waals surface area contributed by atoms with E-state index in [0.717, 1.165) is 23.1 Å². The van der Waals surface area contributed by atoms with Crippen LogP contribution >= 0.6 is 0 Å². The first-order valence-electron chi connectivity index (χ1n) is 9.26. The number of fused-ring (bicyclic) bond motifs is 1. The predicted molar refractivity (Wildman–Crippen MR) is 105 cm³/mol. The highest BCUT2D eigenvalue weighted by molar-refractivity contribution is 5.99. The Hall–Kier alpha value is -2.31. The van der Waals surface area contributed by atoms with Gasteiger partial charge in [-0.2, -0.15) is 0 Å². The Morgan fingerprint density at radius 2 is 2.19 bits per heavy atom. The fourth-order valence-electron chi connectivity index (χ4n) is 3.29. The Balaban J connectivity index is 1.74. The molecule has 1 amide bonds. The Bertz CT molecular complexity index is 836. The van der Waals surface area contributed by atoms with Gasteiger partial charge in [0.2, 0.25) is 0 Å². The highest BCUT2D eigenvalue weighted by atomic mass is 16.5. The lowest BCUT2D eigenvalue weighted by molar-refractivity contribution is -0.0458. The van der Waals surface area contributed by atoms with Crippen LogP contribution in [0.5, 0.6) is 5.75 Å². The van der Waals surface area contributed by atoms with E-state index < -0.39 is 0 Å². The van der Waals surface area contributed by atoms with Gasteiger partial charge in [0.25, 0.3) is 5.91 Å². The third-order valence-corrected chi connectivity index (χ3v) is 4.90. The second kappa shape index (κ2) is 8.59. The van der Waals surface area contributed by atoms with Crippen molar-refractivity contribution in [2.45, 2.75) is 32.4 Å². The molecule has 146 valence electrons. The van der Waals surface area contributed by atoms with Gasteiger partial charge in [-0.15, -0.1) is 0 Å². The number of nitrogens with one attached hydrogen (secondary N) is 1. The van der Waals surface area contributed by atoms with E-state index in [2.05, 4.69) is 5.32 Å². The Morgan fingerprint density at radius 3 is 2.93 bits per heavy atom. The van der Waals surface area contributed by atoms with E-state index in [1.54, 1.807) is 7.11 Å². The minimum absolute atomic E-state index is 0.0481. The van der Waals surface area contributed by atoms with Crippen molar-refractivity contribution in [2.75, 3.05) is 26.9 Å². The van der Waals surface area contributed by atoms with Crippen molar-refractivity contribution in [1.82, 2.24) is 9.88 Å². The van der Waals surface area contributed by atoms with Gasteiger partial charge in [0, 0.05) is 25.1 Å². The summed E-state index contributed by atoms with van der Waals surface area (Å²) in [4.78, 5) is 12.9. The molecule has 1 aliphatic rings. The molecule has 1 N–H and O–H groups in total. The van der Waals surface area contributed by atoms with Crippen LogP contribution in [0.2, 0.25) is 0 Å². The summed E-state index contributed by atoms with van der Waals surface area (Å²) in [5, 5.41) is 4.09. The maximum absolute atomic E-state index is 12.9. The first-order valence-corrected chi connectivity index (χ1v) is 9.26. The molecule has 0 aliphatic carbocycles. The molecule has 1 fully saturated rings. The highest BCUT2D eigenvalue weighted by Gasteiger charge is 2.29. The van der Waals surface area contributed by atoms with E-state index in [9.17, 15) is 4.79 Å². The van der Waals surface area contributed by atoms with Crippen molar-refractivity contribution in [1.29, 1.82) is 0 Å². The van der Waals surface area contributed by atoms with Crippen LogP contribution in [0, 0.1) is 0 Å². The molecule has 6 nitrogen and oxygen atoms in total. The Morgan fingerprint density at radius 1 is 1.37 bits per heavy atom. The molecule has 27 heavy (non-hydrogen) atoms. The van der Waals surface area contributed by atoms with E-state index in [1.807, 2.05) is 55.8 Å². The smallest absolute Gasteiger partial charge is 0.268 e. The van der Waals surface area contributed by atoms with Gasteiger partial charge in [0.1, 0.15) is 11.4 Å². The van der Waals surface area contributed by atoms with Crippen LogP contribution in [0.15, 0.2) is 35.9 Å². The number of ether oxygens (including phenoxy) is 3. The largest absolute Gasteiger partial charge is 0.497 e. The summed E-state index contributed by atoms with van der Waals surface area (Å²) >= 11 is 0. The summed E-state index contributed by atoms with van der Waals surface area (Å²) in [6.45, 7) is 5.75. The predicted octanol–water partition coefficient (Wildman–Crippen LogP) is 3.06. The molecule has 1 aliphatic heterocycles. The van der Waals surface area contributed by atoms with Crippen molar-refractivity contribution in [3.8, 4) is 5.75 Å². The molecule has 0 bridgehead atoms. The molecule has 0 saturated carbocycles. The van der Waals surface area contributed by atoms with Crippen molar-refractivity contribution < 1.29 is 19.0 Å². The van der Waals surface area contributed by atoms with Crippen LogP contribution in [0.3, 0.4) is 0 Å². The van der Waals surface area contributed by atoms with Gasteiger partial charge in [0.05, 0.1) is 38.0 Å². The minimum atomic E-state index is -0.163. The normalized spacial score (nSPS) is 19.7. The molecule has 3 rings (SSSR count). The molecule has 2 aromatic rings. The number of carbonyl (C=O) groups is 1. The van der Waals surface area contributed by atoms with Gasteiger partial charge in [-0.1, -0.05) is 11.6 Å². The van der Waals surface area contributed by atoms with Gasteiger partial charge < -0.3 is 24.1 Å². The molecule has 2 heterocycles. The summed E-state index contributed by atoms with van der Waals surface area (Å²) in [5.74, 6) is 0.642. The van der Waals surface area contributed by atoms with Crippen LogP contribution in [0.25, 0.3) is 10.9 Å². The summed E-state index contributed by atoms with van der Waals surface area (Å²) in [6, 6.07) is 7.52. The van der Waals surface area contributed by atoms with Gasteiger partial charge >= 0.3 is 0 Å². The van der Waals surface area contributed by atoms with Crippen molar-refractivity contribution in [2.24, 2.45) is 7.05 Å². The van der Waals surface area contributed by atoms with Crippen LogP contribution < -0.4 is 10.1 Å². The average molecular weight is 372 g/mol. The number of carbonyl (C=O) groups excluding carboxylic acids is 1. The van der Waals surface area contributed by atoms with Gasteiger partial charge in [-0.25, -0.2) is 0 Å². The fraction of sp³-hybridized carbons (Fsp3) is 0.476. The number of hydrogen-bond donors (Lipinski definition) is 1. The zero-order valence-corrected chi connectivity index (χ0v) is 16.5. The number of aryl methyl sites for hydroxylation is 1. The number of benzene rings is 1. The summed E-state index contributed by atoms with van der Waals surface area (Å²) in [6.07, 6.45) is 2.77. The molecular formula is C21H28N2O4. The van der Waals surface area contributed by atoms with Crippen LogP contribution in [0.4, 0.5) is 0 Å². The first kappa shape index (κ1) is 19.5. The average Bonchev–Trinajstić information content (AvgIpc) is 2.99.